The number of nitrogens with one attached hydrogen (secondary N) is 1. The number of halogens is 2. The molecule has 0 saturated heterocycles. The number of thiophene rings is 1. The first kappa shape index (κ1) is 15.7. The molecule has 0 radical (unpaired) electrons. The first-order valence-electron chi connectivity index (χ1n) is 6.84. The number of anilines is 1. The number of hydrogen-bond donors (Lipinski definition) is 1. The van der Waals surface area contributed by atoms with Gasteiger partial charge in [0.05, 0.1) is 22.6 Å². The molecule has 0 unspecified atom stereocenters. The summed E-state index contributed by atoms with van der Waals surface area (Å²) >= 11 is 7.18. The van der Waals surface area contributed by atoms with E-state index >= 15 is 0 Å². The number of aryl methyl sites for hydroxylation is 1. The molecule has 1 aromatic carbocycles. The van der Waals surface area contributed by atoms with Gasteiger partial charge in [-0.05, 0) is 47.7 Å². The van der Waals surface area contributed by atoms with Crippen LogP contribution >= 0.6 is 22.9 Å². The van der Waals surface area contributed by atoms with Crippen molar-refractivity contribution < 1.29 is 9.18 Å². The van der Waals surface area contributed by atoms with Crippen LogP contribution in [0.4, 0.5) is 10.1 Å². The van der Waals surface area contributed by atoms with Crippen molar-refractivity contribution in [1.29, 1.82) is 0 Å². The average Bonchev–Trinajstić information content (AvgIpc) is 3.12. The lowest BCUT2D eigenvalue weighted by molar-refractivity contribution is 0.103. The maximum atomic E-state index is 13.1. The third-order valence-electron chi connectivity index (χ3n) is 3.26. The third-order valence-corrected chi connectivity index (χ3v) is 4.43. The molecule has 0 aliphatic carbocycles. The van der Waals surface area contributed by atoms with Crippen molar-refractivity contribution in [3.8, 4) is 0 Å². The predicted octanol–water partition coefficient (Wildman–Crippen LogP) is 4.35. The van der Waals surface area contributed by atoms with Gasteiger partial charge in [0.25, 0.3) is 5.91 Å². The highest BCUT2D eigenvalue weighted by Gasteiger charge is 2.11. The number of nitrogens with zero attached hydrogens (tertiary/aromatic N) is 2. The van der Waals surface area contributed by atoms with E-state index in [4.69, 9.17) is 11.6 Å². The number of carbonyl (C=O) groups is 1. The number of benzene rings is 1. The van der Waals surface area contributed by atoms with Crippen molar-refractivity contribution in [1.82, 2.24) is 9.78 Å². The minimum Gasteiger partial charge on any atom is -0.321 e. The number of amides is 1. The number of rotatable bonds is 4. The van der Waals surface area contributed by atoms with Crippen molar-refractivity contribution in [3.63, 3.8) is 0 Å². The van der Waals surface area contributed by atoms with E-state index in [1.165, 1.54) is 23.5 Å². The van der Waals surface area contributed by atoms with Crippen LogP contribution in [-0.2, 0) is 6.54 Å². The summed E-state index contributed by atoms with van der Waals surface area (Å²) in [6, 6.07) is 6.08. The highest BCUT2D eigenvalue weighted by atomic mass is 35.5. The highest BCUT2D eigenvalue weighted by molar-refractivity contribution is 7.12. The van der Waals surface area contributed by atoms with Crippen molar-refractivity contribution in [2.75, 3.05) is 5.32 Å². The molecule has 118 valence electrons. The molecule has 0 saturated carbocycles. The van der Waals surface area contributed by atoms with Gasteiger partial charge in [-0.3, -0.25) is 9.48 Å². The summed E-state index contributed by atoms with van der Waals surface area (Å²) in [7, 11) is 0. The van der Waals surface area contributed by atoms with Crippen LogP contribution in [0.2, 0.25) is 5.02 Å². The lowest BCUT2D eigenvalue weighted by Crippen LogP contribution is -2.11. The lowest BCUT2D eigenvalue weighted by Gasteiger charge is -2.07. The Kier molecular flexibility index (Phi) is 4.45. The Bertz CT molecular complexity index is 859. The summed E-state index contributed by atoms with van der Waals surface area (Å²) in [5, 5.41) is 9.38. The standard InChI is InChI=1S/C16H13ClFN3OS/c1-10-4-13(18)2-3-14(10)20-16(22)15-5-11(9-23-15)7-21-8-12(17)6-19-21/h2-6,8-9H,7H2,1H3,(H,20,22). The monoisotopic (exact) mass is 349 g/mol. The van der Waals surface area contributed by atoms with Crippen LogP contribution in [0.15, 0.2) is 42.0 Å². The molecule has 23 heavy (non-hydrogen) atoms. The number of aromatic nitrogens is 2. The quantitative estimate of drug-likeness (QED) is 0.761. The molecule has 2 aromatic heterocycles. The van der Waals surface area contributed by atoms with Crippen LogP contribution in [-0.4, -0.2) is 15.7 Å². The van der Waals surface area contributed by atoms with Crippen molar-refractivity contribution in [2.24, 2.45) is 0 Å². The van der Waals surface area contributed by atoms with E-state index in [9.17, 15) is 9.18 Å². The largest absolute Gasteiger partial charge is 0.321 e. The second-order valence-electron chi connectivity index (χ2n) is 5.09. The van der Waals surface area contributed by atoms with E-state index in [1.54, 1.807) is 30.1 Å². The summed E-state index contributed by atoms with van der Waals surface area (Å²) < 4.78 is 14.8. The Morgan fingerprint density at radius 3 is 2.96 bits per heavy atom. The maximum Gasteiger partial charge on any atom is 0.265 e. The molecule has 0 atom stereocenters. The molecule has 1 N–H and O–H groups in total. The average molecular weight is 350 g/mol. The molecule has 1 amide bonds. The summed E-state index contributed by atoms with van der Waals surface area (Å²) in [5.74, 6) is -0.536. The molecule has 3 rings (SSSR count). The molecule has 0 aliphatic rings. The van der Waals surface area contributed by atoms with E-state index < -0.39 is 0 Å². The first-order chi connectivity index (χ1) is 11.0. The fourth-order valence-electron chi connectivity index (χ4n) is 2.14. The van der Waals surface area contributed by atoms with Gasteiger partial charge in [-0.2, -0.15) is 5.10 Å². The fraction of sp³-hybridized carbons (Fsp3) is 0.125. The van der Waals surface area contributed by atoms with Crippen LogP contribution in [0.1, 0.15) is 20.8 Å². The second kappa shape index (κ2) is 6.52. The van der Waals surface area contributed by atoms with Gasteiger partial charge in [0.1, 0.15) is 5.82 Å². The second-order valence-corrected chi connectivity index (χ2v) is 6.44. The molecule has 0 bridgehead atoms. The van der Waals surface area contributed by atoms with Gasteiger partial charge < -0.3 is 5.32 Å². The van der Waals surface area contributed by atoms with Crippen LogP contribution in [0.3, 0.4) is 0 Å². The zero-order valence-corrected chi connectivity index (χ0v) is 13.8. The molecule has 0 aliphatic heterocycles. The van der Waals surface area contributed by atoms with Crippen molar-refractivity contribution in [2.45, 2.75) is 13.5 Å². The van der Waals surface area contributed by atoms with E-state index in [-0.39, 0.29) is 11.7 Å². The first-order valence-corrected chi connectivity index (χ1v) is 8.10. The summed E-state index contributed by atoms with van der Waals surface area (Å²) in [6.45, 7) is 2.30. The van der Waals surface area contributed by atoms with E-state index in [0.29, 0.717) is 27.7 Å². The normalized spacial score (nSPS) is 10.7. The zero-order valence-electron chi connectivity index (χ0n) is 12.2. The number of carbonyl (C=O) groups excluding carboxylic acids is 1. The molecule has 0 spiro atoms. The SMILES string of the molecule is Cc1cc(F)ccc1NC(=O)c1cc(Cn2cc(Cl)cn2)cs1. The highest BCUT2D eigenvalue weighted by Crippen LogP contribution is 2.20. The van der Waals surface area contributed by atoms with Crippen LogP contribution < -0.4 is 5.32 Å². The van der Waals surface area contributed by atoms with Gasteiger partial charge in [0.2, 0.25) is 0 Å². The smallest absolute Gasteiger partial charge is 0.265 e. The molecule has 4 nitrogen and oxygen atoms in total. The van der Waals surface area contributed by atoms with Gasteiger partial charge in [-0.25, -0.2) is 4.39 Å². The van der Waals surface area contributed by atoms with Crippen LogP contribution in [0, 0.1) is 12.7 Å². The topological polar surface area (TPSA) is 46.9 Å². The van der Waals surface area contributed by atoms with E-state index in [2.05, 4.69) is 10.4 Å². The summed E-state index contributed by atoms with van der Waals surface area (Å²) in [6.07, 6.45) is 3.29. The molecule has 3 aromatic rings. The van der Waals surface area contributed by atoms with Gasteiger partial charge in [-0.1, -0.05) is 11.6 Å². The van der Waals surface area contributed by atoms with Gasteiger partial charge in [0, 0.05) is 11.9 Å². The van der Waals surface area contributed by atoms with Gasteiger partial charge >= 0.3 is 0 Å². The van der Waals surface area contributed by atoms with Gasteiger partial charge in [-0.15, -0.1) is 11.3 Å². The van der Waals surface area contributed by atoms with Crippen LogP contribution in [0.5, 0.6) is 0 Å². The third kappa shape index (κ3) is 3.78. The zero-order chi connectivity index (χ0) is 16.4. The Morgan fingerprint density at radius 1 is 1.43 bits per heavy atom. The molecule has 7 heteroatoms. The predicted molar refractivity (Wildman–Crippen MR) is 89.7 cm³/mol. The van der Waals surface area contributed by atoms with Gasteiger partial charge in [0.15, 0.2) is 0 Å². The summed E-state index contributed by atoms with van der Waals surface area (Å²) in [4.78, 5) is 12.9. The van der Waals surface area contributed by atoms with E-state index in [0.717, 1.165) is 5.56 Å². The fourth-order valence-corrected chi connectivity index (χ4v) is 3.10. The lowest BCUT2D eigenvalue weighted by atomic mass is 10.2. The molecular formula is C16H13ClFN3OS. The van der Waals surface area contributed by atoms with Crippen molar-refractivity contribution in [3.05, 3.63) is 68.9 Å². The Hall–Kier alpha value is -2.18. The summed E-state index contributed by atoms with van der Waals surface area (Å²) in [5.41, 5.74) is 2.25. The minimum absolute atomic E-state index is 0.213. The molecule has 0 fully saturated rings. The Labute approximate surface area is 141 Å². The van der Waals surface area contributed by atoms with Crippen molar-refractivity contribution >= 4 is 34.5 Å². The maximum absolute atomic E-state index is 13.1. The Balaban J connectivity index is 1.70. The molecular weight excluding hydrogens is 337 g/mol. The van der Waals surface area contributed by atoms with Crippen LogP contribution in [0.25, 0.3) is 0 Å². The van der Waals surface area contributed by atoms with E-state index in [1.807, 2.05) is 11.4 Å². The molecule has 2 heterocycles. The minimum atomic E-state index is -0.322. The number of hydrogen-bond acceptors (Lipinski definition) is 3. The Morgan fingerprint density at radius 2 is 2.26 bits per heavy atom.